The molecule has 2 heterocycles. The van der Waals surface area contributed by atoms with Crippen LogP contribution in [0.3, 0.4) is 0 Å². The summed E-state index contributed by atoms with van der Waals surface area (Å²) in [7, 11) is 1.66. The molecule has 0 spiro atoms. The predicted octanol–water partition coefficient (Wildman–Crippen LogP) is 3.64. The summed E-state index contributed by atoms with van der Waals surface area (Å²) in [5.74, 6) is 3.86. The van der Waals surface area contributed by atoms with Crippen LogP contribution < -0.4 is 4.74 Å². The number of thioether (sulfide) groups is 1. The first-order valence-corrected chi connectivity index (χ1v) is 7.35. The molecule has 0 amide bonds. The zero-order valence-electron chi connectivity index (χ0n) is 11.4. The van der Waals surface area contributed by atoms with E-state index in [4.69, 9.17) is 9.15 Å². The van der Waals surface area contributed by atoms with Crippen molar-refractivity contribution in [1.82, 2.24) is 9.97 Å². The lowest BCUT2D eigenvalue weighted by atomic mass is 10.1. The second-order valence-electron chi connectivity index (χ2n) is 4.50. The average Bonchev–Trinajstić information content (AvgIpc) is 2.87. The Balaban J connectivity index is 1.90. The lowest BCUT2D eigenvalue weighted by Gasteiger charge is -2.05. The Morgan fingerprint density at radius 3 is 2.89 bits per heavy atom. The van der Waals surface area contributed by atoms with Crippen molar-refractivity contribution in [3.8, 4) is 5.75 Å². The van der Waals surface area contributed by atoms with Crippen molar-refractivity contribution in [1.29, 1.82) is 0 Å². The molecule has 4 nitrogen and oxygen atoms in total. The number of hydrogen-bond acceptors (Lipinski definition) is 5. The van der Waals surface area contributed by atoms with Gasteiger partial charge in [-0.15, -0.1) is 11.8 Å². The van der Waals surface area contributed by atoms with Gasteiger partial charge in [0.25, 0.3) is 0 Å². The molecule has 0 atom stereocenters. The topological polar surface area (TPSA) is 48.2 Å². The Bertz CT molecular complexity index is 526. The monoisotopic (exact) mass is 278 g/mol. The van der Waals surface area contributed by atoms with Crippen LogP contribution in [0.2, 0.25) is 0 Å². The molecule has 2 rings (SSSR count). The maximum absolute atomic E-state index is 5.41. The van der Waals surface area contributed by atoms with E-state index in [1.807, 2.05) is 12.1 Å². The molecule has 0 N–H and O–H groups in total. The zero-order chi connectivity index (χ0) is 13.7. The van der Waals surface area contributed by atoms with E-state index in [0.29, 0.717) is 5.92 Å². The molecule has 0 saturated heterocycles. The van der Waals surface area contributed by atoms with Crippen LogP contribution in [-0.2, 0) is 11.5 Å². The number of hydrogen-bond donors (Lipinski definition) is 0. The van der Waals surface area contributed by atoms with Gasteiger partial charge in [0, 0.05) is 29.7 Å². The van der Waals surface area contributed by atoms with Gasteiger partial charge >= 0.3 is 0 Å². The Labute approximate surface area is 117 Å². The number of oxazole rings is 1. The van der Waals surface area contributed by atoms with E-state index >= 15 is 0 Å². The molecule has 0 aliphatic rings. The average molecular weight is 278 g/mol. The highest BCUT2D eigenvalue weighted by atomic mass is 32.2. The van der Waals surface area contributed by atoms with Crippen molar-refractivity contribution in [3.05, 3.63) is 41.9 Å². The fraction of sp³-hybridized carbons (Fsp3) is 0.429. The predicted molar refractivity (Wildman–Crippen MR) is 76.4 cm³/mol. The minimum atomic E-state index is 0.369. The summed E-state index contributed by atoms with van der Waals surface area (Å²) in [5.41, 5.74) is 2.04. The normalized spacial score (nSPS) is 10.9. The van der Waals surface area contributed by atoms with Gasteiger partial charge in [-0.25, -0.2) is 4.98 Å². The minimum absolute atomic E-state index is 0.369. The number of aromatic nitrogens is 2. The minimum Gasteiger partial charge on any atom is -0.497 e. The first-order valence-electron chi connectivity index (χ1n) is 6.19. The molecule has 0 fully saturated rings. The van der Waals surface area contributed by atoms with Crippen LogP contribution in [0.25, 0.3) is 0 Å². The highest BCUT2D eigenvalue weighted by Gasteiger charge is 2.11. The second kappa shape index (κ2) is 6.61. The first-order chi connectivity index (χ1) is 9.20. The molecule has 0 aromatic carbocycles. The van der Waals surface area contributed by atoms with Crippen LogP contribution in [0.15, 0.2) is 29.1 Å². The molecule has 2 aromatic rings. The van der Waals surface area contributed by atoms with Crippen LogP contribution in [0.1, 0.15) is 36.9 Å². The Morgan fingerprint density at radius 2 is 2.16 bits per heavy atom. The molecular formula is C14H18N2O2S. The number of methoxy groups -OCH3 is 1. The first kappa shape index (κ1) is 13.9. The van der Waals surface area contributed by atoms with Crippen LogP contribution in [0.4, 0.5) is 0 Å². The summed E-state index contributed by atoms with van der Waals surface area (Å²) >= 11 is 1.77. The molecule has 0 bridgehead atoms. The summed E-state index contributed by atoms with van der Waals surface area (Å²) in [6, 6.07) is 3.81. The van der Waals surface area contributed by atoms with Crippen LogP contribution >= 0.6 is 11.8 Å². The molecule has 19 heavy (non-hydrogen) atoms. The van der Waals surface area contributed by atoms with Crippen molar-refractivity contribution in [2.24, 2.45) is 0 Å². The molecule has 0 aliphatic heterocycles. The van der Waals surface area contributed by atoms with Gasteiger partial charge < -0.3 is 9.15 Å². The van der Waals surface area contributed by atoms with Crippen molar-refractivity contribution in [2.45, 2.75) is 31.3 Å². The zero-order valence-corrected chi connectivity index (χ0v) is 12.2. The SMILES string of the molecule is COc1ccnc(CSCc2ncoc2C(C)C)c1. The molecule has 2 aromatic heterocycles. The summed E-state index contributed by atoms with van der Waals surface area (Å²) in [4.78, 5) is 8.59. The van der Waals surface area contributed by atoms with Gasteiger partial charge in [0.2, 0.25) is 0 Å². The van der Waals surface area contributed by atoms with Gasteiger partial charge in [-0.05, 0) is 6.07 Å². The third-order valence-electron chi connectivity index (χ3n) is 2.71. The van der Waals surface area contributed by atoms with Crippen molar-refractivity contribution >= 4 is 11.8 Å². The van der Waals surface area contributed by atoms with Crippen LogP contribution in [0.5, 0.6) is 5.75 Å². The van der Waals surface area contributed by atoms with Crippen LogP contribution in [-0.4, -0.2) is 17.1 Å². The van der Waals surface area contributed by atoms with Crippen molar-refractivity contribution in [3.63, 3.8) is 0 Å². The van der Waals surface area contributed by atoms with Crippen molar-refractivity contribution in [2.75, 3.05) is 7.11 Å². The molecule has 5 heteroatoms. The lowest BCUT2D eigenvalue weighted by molar-refractivity contribution is 0.413. The number of pyridine rings is 1. The fourth-order valence-electron chi connectivity index (χ4n) is 1.77. The molecular weight excluding hydrogens is 260 g/mol. The molecule has 0 unspecified atom stereocenters. The number of nitrogens with zero attached hydrogens (tertiary/aromatic N) is 2. The van der Waals surface area contributed by atoms with E-state index in [0.717, 1.165) is 34.4 Å². The Morgan fingerprint density at radius 1 is 1.32 bits per heavy atom. The van der Waals surface area contributed by atoms with E-state index in [-0.39, 0.29) is 0 Å². The van der Waals surface area contributed by atoms with E-state index < -0.39 is 0 Å². The second-order valence-corrected chi connectivity index (χ2v) is 5.48. The summed E-state index contributed by atoms with van der Waals surface area (Å²) in [5, 5.41) is 0. The summed E-state index contributed by atoms with van der Waals surface area (Å²) < 4.78 is 10.6. The van der Waals surface area contributed by atoms with Crippen LogP contribution in [0, 0.1) is 0 Å². The Kier molecular flexibility index (Phi) is 4.85. The van der Waals surface area contributed by atoms with Gasteiger partial charge in [-0.3, -0.25) is 4.98 Å². The number of ether oxygens (including phenoxy) is 1. The fourth-order valence-corrected chi connectivity index (χ4v) is 2.65. The van der Waals surface area contributed by atoms with Gasteiger partial charge in [0.15, 0.2) is 6.39 Å². The van der Waals surface area contributed by atoms with Crippen molar-refractivity contribution < 1.29 is 9.15 Å². The maximum Gasteiger partial charge on any atom is 0.181 e. The number of rotatable bonds is 6. The third-order valence-corrected chi connectivity index (χ3v) is 3.69. The Hall–Kier alpha value is -1.49. The maximum atomic E-state index is 5.41. The summed E-state index contributed by atoms with van der Waals surface area (Å²) in [6.07, 6.45) is 3.29. The van der Waals surface area contributed by atoms with Gasteiger partial charge in [0.05, 0.1) is 18.5 Å². The lowest BCUT2D eigenvalue weighted by Crippen LogP contribution is -1.93. The molecule has 0 aliphatic carbocycles. The van der Waals surface area contributed by atoms with Gasteiger partial charge in [-0.1, -0.05) is 13.8 Å². The summed E-state index contributed by atoms with van der Waals surface area (Å²) in [6.45, 7) is 4.22. The van der Waals surface area contributed by atoms with E-state index in [2.05, 4.69) is 23.8 Å². The highest BCUT2D eigenvalue weighted by Crippen LogP contribution is 2.24. The van der Waals surface area contributed by atoms with Gasteiger partial charge in [0.1, 0.15) is 11.5 Å². The molecule has 0 radical (unpaired) electrons. The molecule has 102 valence electrons. The quantitative estimate of drug-likeness (QED) is 0.807. The largest absolute Gasteiger partial charge is 0.497 e. The van der Waals surface area contributed by atoms with Gasteiger partial charge in [-0.2, -0.15) is 0 Å². The standard InChI is InChI=1S/C14H18N2O2S/c1-10(2)14-13(16-9-18-14)8-19-7-11-6-12(17-3)4-5-15-11/h4-6,9-10H,7-8H2,1-3H3. The van der Waals surface area contributed by atoms with E-state index in [1.54, 1.807) is 25.1 Å². The van der Waals surface area contributed by atoms with E-state index in [1.165, 1.54) is 6.39 Å². The molecule has 0 saturated carbocycles. The highest BCUT2D eigenvalue weighted by molar-refractivity contribution is 7.97. The third kappa shape index (κ3) is 3.73. The van der Waals surface area contributed by atoms with E-state index in [9.17, 15) is 0 Å². The smallest absolute Gasteiger partial charge is 0.181 e.